The Hall–Kier alpha value is -5.59. The van der Waals surface area contributed by atoms with E-state index >= 15 is 0 Å². The van der Waals surface area contributed by atoms with Gasteiger partial charge in [0.15, 0.2) is 6.10 Å². The minimum absolute atomic E-state index is 0.0605. The monoisotopic (exact) mass is 873 g/mol. The molecule has 0 bridgehead atoms. The number of fused-ring (bicyclic) bond motifs is 1. The van der Waals surface area contributed by atoms with Gasteiger partial charge in [-0.05, 0) is 94.0 Å². The highest BCUT2D eigenvalue weighted by Crippen LogP contribution is 2.46. The summed E-state index contributed by atoms with van der Waals surface area (Å²) < 4.78 is 88.1. The minimum atomic E-state index is -4.89. The number of ether oxygens (including phenoxy) is 4. The van der Waals surface area contributed by atoms with E-state index < -0.39 is 91.9 Å². The zero-order chi connectivity index (χ0) is 44.9. The van der Waals surface area contributed by atoms with E-state index in [4.69, 9.17) is 19.2 Å². The lowest BCUT2D eigenvalue weighted by atomic mass is 9.88. The Bertz CT molecular complexity index is 2320. The SMILES string of the molecule is C=C[C@@H]1C[C@]1(NC(=O)[C@@H]1C[C@@H](Oc2nc(-c3ccc(OC(F)(F)F)cc3)cc3cc(OC)ccc23)CN1C(=O)[C@@H](OC(=O)NC(C)(C)C)C(C)(C)C)C(=O)NS(=O)(=O)C1CC1. The van der Waals surface area contributed by atoms with Gasteiger partial charge >= 0.3 is 12.5 Å². The zero-order valence-corrected chi connectivity index (χ0v) is 35.7. The number of hydrogen-bond donors (Lipinski definition) is 3. The van der Waals surface area contributed by atoms with Gasteiger partial charge in [0.1, 0.15) is 29.2 Å². The first-order valence-corrected chi connectivity index (χ1v) is 21.2. The number of sulfonamides is 1. The molecule has 61 heavy (non-hydrogen) atoms. The molecule has 2 aromatic carbocycles. The smallest absolute Gasteiger partial charge is 0.497 e. The quantitative estimate of drug-likeness (QED) is 0.177. The Labute approximate surface area is 351 Å². The van der Waals surface area contributed by atoms with E-state index in [9.17, 15) is 40.8 Å². The van der Waals surface area contributed by atoms with Gasteiger partial charge in [-0.2, -0.15) is 0 Å². The summed E-state index contributed by atoms with van der Waals surface area (Å²) in [6, 6.07) is 10.5. The summed E-state index contributed by atoms with van der Waals surface area (Å²) in [6.07, 6.45) is -5.94. The average molecular weight is 874 g/mol. The molecule has 5 atom stereocenters. The van der Waals surface area contributed by atoms with Crippen LogP contribution in [0.25, 0.3) is 22.0 Å². The second-order valence-corrected chi connectivity index (χ2v) is 19.6. The molecular formula is C42H50F3N5O10S. The fourth-order valence-electron chi connectivity index (χ4n) is 7.14. The van der Waals surface area contributed by atoms with Crippen LogP contribution >= 0.6 is 0 Å². The van der Waals surface area contributed by atoms with Crippen LogP contribution in [0.3, 0.4) is 0 Å². The Kier molecular flexibility index (Phi) is 12.1. The van der Waals surface area contributed by atoms with E-state index in [-0.39, 0.29) is 25.3 Å². The van der Waals surface area contributed by atoms with Crippen molar-refractivity contribution in [3.8, 4) is 28.6 Å². The molecule has 3 fully saturated rings. The second kappa shape index (κ2) is 16.4. The number of halogens is 3. The number of aromatic nitrogens is 1. The van der Waals surface area contributed by atoms with Crippen LogP contribution in [0.2, 0.25) is 0 Å². The maximum Gasteiger partial charge on any atom is 0.573 e. The fraction of sp³-hybridized carbons (Fsp3) is 0.500. The van der Waals surface area contributed by atoms with Crippen molar-refractivity contribution >= 4 is 44.6 Å². The molecule has 3 aromatic rings. The van der Waals surface area contributed by atoms with Crippen molar-refractivity contribution in [1.82, 2.24) is 25.2 Å². The van der Waals surface area contributed by atoms with Gasteiger partial charge in [0.2, 0.25) is 21.8 Å². The third kappa shape index (κ3) is 10.5. The van der Waals surface area contributed by atoms with Crippen LogP contribution in [-0.4, -0.2) is 96.7 Å². The van der Waals surface area contributed by atoms with Gasteiger partial charge in [0, 0.05) is 34.2 Å². The first kappa shape index (κ1) is 44.9. The van der Waals surface area contributed by atoms with Crippen LogP contribution in [0, 0.1) is 11.3 Å². The van der Waals surface area contributed by atoms with Crippen molar-refractivity contribution in [1.29, 1.82) is 0 Å². The molecule has 1 aliphatic heterocycles. The number of carbonyl (C=O) groups is 4. The number of carbonyl (C=O) groups excluding carboxylic acids is 4. The van der Waals surface area contributed by atoms with E-state index in [1.165, 1.54) is 30.2 Å². The van der Waals surface area contributed by atoms with E-state index in [0.717, 1.165) is 12.1 Å². The topological polar surface area (TPSA) is 192 Å². The zero-order valence-electron chi connectivity index (χ0n) is 34.8. The van der Waals surface area contributed by atoms with Crippen LogP contribution in [0.4, 0.5) is 18.0 Å². The summed E-state index contributed by atoms with van der Waals surface area (Å²) in [5.41, 5.74) is -2.64. The summed E-state index contributed by atoms with van der Waals surface area (Å²) >= 11 is 0. The Balaban J connectivity index is 1.35. The number of nitrogens with one attached hydrogen (secondary N) is 3. The predicted octanol–water partition coefficient (Wildman–Crippen LogP) is 5.77. The highest BCUT2D eigenvalue weighted by atomic mass is 32.2. The summed E-state index contributed by atoms with van der Waals surface area (Å²) in [7, 11) is -2.50. The van der Waals surface area contributed by atoms with Crippen LogP contribution < -0.4 is 29.6 Å². The molecule has 3 aliphatic rings. The molecule has 1 aromatic heterocycles. The van der Waals surface area contributed by atoms with Gasteiger partial charge in [0.25, 0.3) is 11.8 Å². The van der Waals surface area contributed by atoms with Crippen molar-refractivity contribution in [3.05, 3.63) is 61.2 Å². The minimum Gasteiger partial charge on any atom is -0.497 e. The third-order valence-corrected chi connectivity index (χ3v) is 12.3. The number of nitrogens with zero attached hydrogens (tertiary/aromatic N) is 2. The van der Waals surface area contributed by atoms with E-state index in [2.05, 4.69) is 26.7 Å². The number of hydrogen-bond acceptors (Lipinski definition) is 11. The standard InChI is InChI=1S/C42H50F3N5O10S/c1-9-25-21-41(25,37(53)49-61(55,56)29-15-16-29)47-34(51)32-20-28(22-50(32)36(52)33(39(2,3)4)59-38(54)48-40(5,6)7)58-35-30-17-14-27(57-8)18-24(30)19-31(46-35)23-10-12-26(13-11-23)60-42(43,44)45/h9-14,17-19,25,28-29,32-33H,1,15-16,20-22H2,2-8H3,(H,47,51)(H,48,54)(H,49,53)/t25-,28-,32+,33-,41-/m1/s1. The van der Waals surface area contributed by atoms with Crippen molar-refractivity contribution in [2.24, 2.45) is 11.3 Å². The highest BCUT2D eigenvalue weighted by molar-refractivity contribution is 7.91. The Morgan fingerprint density at radius 2 is 1.64 bits per heavy atom. The lowest BCUT2D eigenvalue weighted by Crippen LogP contribution is -2.58. The molecule has 1 saturated heterocycles. The predicted molar refractivity (Wildman–Crippen MR) is 217 cm³/mol. The summed E-state index contributed by atoms with van der Waals surface area (Å²) in [5, 5.41) is 5.79. The lowest BCUT2D eigenvalue weighted by molar-refractivity contribution is -0.274. The Morgan fingerprint density at radius 1 is 0.984 bits per heavy atom. The molecule has 4 amide bonds. The highest BCUT2D eigenvalue weighted by Gasteiger charge is 2.62. The number of alkyl halides is 3. The van der Waals surface area contributed by atoms with Crippen LogP contribution in [0.1, 0.15) is 67.2 Å². The van der Waals surface area contributed by atoms with Crippen LogP contribution in [0.5, 0.6) is 17.4 Å². The molecule has 19 heteroatoms. The molecular weight excluding hydrogens is 824 g/mol. The van der Waals surface area contributed by atoms with Gasteiger partial charge in [-0.15, -0.1) is 19.8 Å². The third-order valence-electron chi connectivity index (χ3n) is 10.5. The first-order valence-electron chi connectivity index (χ1n) is 19.6. The molecule has 0 unspecified atom stereocenters. The molecule has 3 N–H and O–H groups in total. The number of pyridine rings is 1. The van der Waals surface area contributed by atoms with E-state index in [1.54, 1.807) is 65.8 Å². The van der Waals surface area contributed by atoms with E-state index in [0.29, 0.717) is 40.6 Å². The molecule has 0 radical (unpaired) electrons. The molecule has 2 aliphatic carbocycles. The van der Waals surface area contributed by atoms with Gasteiger partial charge in [-0.1, -0.05) is 26.8 Å². The number of likely N-dealkylation sites (tertiary alicyclic amines) is 1. The van der Waals surface area contributed by atoms with Gasteiger partial charge in [-0.3, -0.25) is 19.1 Å². The van der Waals surface area contributed by atoms with Gasteiger partial charge in [-0.25, -0.2) is 18.2 Å². The average Bonchev–Trinajstić information content (AvgIpc) is 4.08. The maximum absolute atomic E-state index is 14.6. The molecule has 2 saturated carbocycles. The van der Waals surface area contributed by atoms with Crippen molar-refractivity contribution in [2.75, 3.05) is 13.7 Å². The number of alkyl carbamates (subject to hydrolysis) is 1. The van der Waals surface area contributed by atoms with Crippen LogP contribution in [-0.2, 0) is 29.1 Å². The van der Waals surface area contributed by atoms with Crippen LogP contribution in [0.15, 0.2) is 61.2 Å². The summed E-state index contributed by atoms with van der Waals surface area (Å²) in [5.74, 6) is -2.93. The molecule has 2 heterocycles. The Morgan fingerprint density at radius 3 is 2.20 bits per heavy atom. The lowest BCUT2D eigenvalue weighted by Gasteiger charge is -2.35. The summed E-state index contributed by atoms with van der Waals surface area (Å²) in [6.45, 7) is 13.8. The number of amides is 4. The normalized spacial score (nSPS) is 22.1. The van der Waals surface area contributed by atoms with E-state index in [1.807, 2.05) is 0 Å². The number of rotatable bonds is 13. The second-order valence-electron chi connectivity index (χ2n) is 17.7. The van der Waals surface area contributed by atoms with Gasteiger partial charge < -0.3 is 34.5 Å². The maximum atomic E-state index is 14.6. The molecule has 15 nitrogen and oxygen atoms in total. The van der Waals surface area contributed by atoms with Crippen molar-refractivity contribution in [2.45, 2.75) is 108 Å². The first-order chi connectivity index (χ1) is 28.3. The summed E-state index contributed by atoms with van der Waals surface area (Å²) in [4.78, 5) is 61.7. The van der Waals surface area contributed by atoms with Crippen molar-refractivity contribution in [3.63, 3.8) is 0 Å². The largest absolute Gasteiger partial charge is 0.573 e. The molecule has 330 valence electrons. The number of methoxy groups -OCH3 is 1. The molecule has 6 rings (SSSR count). The van der Waals surface area contributed by atoms with Gasteiger partial charge in [0.05, 0.1) is 24.6 Å². The van der Waals surface area contributed by atoms with Crippen molar-refractivity contribution < 1.29 is 59.7 Å². The molecule has 0 spiro atoms. The fourth-order valence-corrected chi connectivity index (χ4v) is 8.50. The number of benzene rings is 2.